The Morgan fingerprint density at radius 2 is 2.00 bits per heavy atom. The molecule has 0 spiro atoms. The van der Waals surface area contributed by atoms with Crippen molar-refractivity contribution in [2.45, 2.75) is 50.9 Å². The molecule has 0 unspecified atom stereocenters. The fourth-order valence-corrected chi connectivity index (χ4v) is 4.33. The third kappa shape index (κ3) is 2.81. The molecular formula is C19H22N2O5. The summed E-state index contributed by atoms with van der Waals surface area (Å²) in [4.78, 5) is 40.2. The summed E-state index contributed by atoms with van der Waals surface area (Å²) < 4.78 is 10.4. The maximum Gasteiger partial charge on any atom is 0.416 e. The van der Waals surface area contributed by atoms with Gasteiger partial charge in [0.1, 0.15) is 13.2 Å². The van der Waals surface area contributed by atoms with Gasteiger partial charge in [-0.25, -0.2) is 14.5 Å². The van der Waals surface area contributed by atoms with Crippen LogP contribution in [0.1, 0.15) is 31.7 Å². The highest BCUT2D eigenvalue weighted by molar-refractivity contribution is 5.95. The number of fused-ring (bicyclic) bond motifs is 2. The molecular weight excluding hydrogens is 336 g/mol. The molecule has 1 aromatic rings. The summed E-state index contributed by atoms with van der Waals surface area (Å²) in [5.74, 6) is -0.584. The van der Waals surface area contributed by atoms with Gasteiger partial charge in [-0.05, 0) is 31.7 Å². The molecule has 3 fully saturated rings. The second kappa shape index (κ2) is 6.63. The van der Waals surface area contributed by atoms with Crippen LogP contribution in [0.25, 0.3) is 0 Å². The highest BCUT2D eigenvalue weighted by atomic mass is 16.6. The van der Waals surface area contributed by atoms with Crippen molar-refractivity contribution in [1.29, 1.82) is 0 Å². The maximum absolute atomic E-state index is 12.9. The Bertz CT molecular complexity index is 722. The van der Waals surface area contributed by atoms with Crippen molar-refractivity contribution in [3.05, 3.63) is 35.9 Å². The van der Waals surface area contributed by atoms with Crippen LogP contribution in [0.15, 0.2) is 30.3 Å². The molecule has 3 aliphatic heterocycles. The van der Waals surface area contributed by atoms with E-state index in [0.717, 1.165) is 18.4 Å². The molecule has 26 heavy (non-hydrogen) atoms. The maximum atomic E-state index is 12.9. The van der Waals surface area contributed by atoms with E-state index in [2.05, 4.69) is 0 Å². The van der Waals surface area contributed by atoms with Crippen molar-refractivity contribution in [2.75, 3.05) is 6.61 Å². The summed E-state index contributed by atoms with van der Waals surface area (Å²) in [6.45, 7) is 2.24. The molecule has 0 radical (unpaired) electrons. The molecule has 138 valence electrons. The third-order valence-corrected chi connectivity index (χ3v) is 5.59. The summed E-state index contributed by atoms with van der Waals surface area (Å²) in [5.41, 5.74) is 0.925. The Labute approximate surface area is 151 Å². The molecule has 1 aromatic carbocycles. The van der Waals surface area contributed by atoms with E-state index < -0.39 is 6.09 Å². The van der Waals surface area contributed by atoms with E-state index in [9.17, 15) is 14.4 Å². The van der Waals surface area contributed by atoms with E-state index >= 15 is 0 Å². The number of hydrogen-bond acceptors (Lipinski definition) is 5. The van der Waals surface area contributed by atoms with Crippen LogP contribution in [-0.4, -0.2) is 52.6 Å². The minimum absolute atomic E-state index is 0.00570. The van der Waals surface area contributed by atoms with Crippen LogP contribution in [0, 0.1) is 5.92 Å². The molecule has 3 heterocycles. The van der Waals surface area contributed by atoms with Crippen molar-refractivity contribution in [1.82, 2.24) is 9.80 Å². The molecule has 4 atom stereocenters. The number of benzene rings is 1. The Balaban J connectivity index is 1.42. The minimum Gasteiger partial charge on any atom is -0.447 e. The summed E-state index contributed by atoms with van der Waals surface area (Å²) in [6.07, 6.45) is 1.26. The highest BCUT2D eigenvalue weighted by Crippen LogP contribution is 2.43. The summed E-state index contributed by atoms with van der Waals surface area (Å²) in [5, 5.41) is 0. The number of cyclic esters (lactones) is 1. The van der Waals surface area contributed by atoms with Gasteiger partial charge in [0.15, 0.2) is 0 Å². The van der Waals surface area contributed by atoms with Crippen LogP contribution >= 0.6 is 0 Å². The first-order valence-electron chi connectivity index (χ1n) is 9.05. The smallest absolute Gasteiger partial charge is 0.416 e. The number of rotatable bonds is 3. The van der Waals surface area contributed by atoms with Gasteiger partial charge in [-0.3, -0.25) is 4.79 Å². The van der Waals surface area contributed by atoms with Crippen LogP contribution < -0.4 is 0 Å². The topological polar surface area (TPSA) is 76.2 Å². The number of nitrogens with zero attached hydrogens (tertiary/aromatic N) is 2. The monoisotopic (exact) mass is 358 g/mol. The van der Waals surface area contributed by atoms with E-state index in [0.29, 0.717) is 6.42 Å². The predicted molar refractivity (Wildman–Crippen MR) is 91.0 cm³/mol. The van der Waals surface area contributed by atoms with Gasteiger partial charge in [0.25, 0.3) is 0 Å². The number of ether oxygens (including phenoxy) is 2. The molecule has 7 nitrogen and oxygen atoms in total. The van der Waals surface area contributed by atoms with Crippen LogP contribution in [0.2, 0.25) is 0 Å². The van der Waals surface area contributed by atoms with Crippen molar-refractivity contribution in [3.8, 4) is 0 Å². The molecule has 7 heteroatoms. The van der Waals surface area contributed by atoms with E-state index in [-0.39, 0.29) is 49.3 Å². The van der Waals surface area contributed by atoms with Gasteiger partial charge in [-0.1, -0.05) is 30.3 Å². The highest BCUT2D eigenvalue weighted by Gasteiger charge is 2.54. The molecule has 4 rings (SSSR count). The predicted octanol–water partition coefficient (Wildman–Crippen LogP) is 2.54. The Morgan fingerprint density at radius 3 is 2.69 bits per heavy atom. The normalized spacial score (nSPS) is 29.8. The van der Waals surface area contributed by atoms with Crippen LogP contribution in [0.4, 0.5) is 9.59 Å². The third-order valence-electron chi connectivity index (χ3n) is 5.59. The Morgan fingerprint density at radius 1 is 1.23 bits per heavy atom. The first-order valence-corrected chi connectivity index (χ1v) is 9.05. The lowest BCUT2D eigenvalue weighted by Gasteiger charge is -2.26. The summed E-state index contributed by atoms with van der Waals surface area (Å²) in [6, 6.07) is 9.06. The first kappa shape index (κ1) is 16.9. The molecule has 0 saturated carbocycles. The first-order chi connectivity index (χ1) is 12.6. The van der Waals surface area contributed by atoms with Gasteiger partial charge >= 0.3 is 12.2 Å². The fraction of sp³-hybridized carbons (Fsp3) is 0.526. The Kier molecular flexibility index (Phi) is 4.30. The molecule has 3 aliphatic rings. The van der Waals surface area contributed by atoms with Crippen molar-refractivity contribution in [2.24, 2.45) is 5.92 Å². The van der Waals surface area contributed by atoms with Crippen LogP contribution in [0.3, 0.4) is 0 Å². The molecule has 3 amide bonds. The number of carbonyl (C=O) groups is 3. The average Bonchev–Trinajstić information content (AvgIpc) is 3.33. The zero-order valence-electron chi connectivity index (χ0n) is 14.7. The molecule has 2 bridgehead atoms. The van der Waals surface area contributed by atoms with Crippen molar-refractivity contribution < 1.29 is 23.9 Å². The van der Waals surface area contributed by atoms with Crippen LogP contribution in [0.5, 0.6) is 0 Å². The fourth-order valence-electron chi connectivity index (χ4n) is 4.33. The van der Waals surface area contributed by atoms with Gasteiger partial charge < -0.3 is 14.4 Å². The standard InChI is InChI=1S/C19H22N2O5/c1-12-10-25-18(23)20(12)17(22)15-9-14-7-8-16(15)21(14)19(24)26-11-13-5-3-2-4-6-13/h2-6,12,14-16H,7-11H2,1H3/t12-,14+,15+,16-/m0/s1. The molecule has 0 aromatic heterocycles. The Hall–Kier alpha value is -2.57. The quantitative estimate of drug-likeness (QED) is 0.830. The van der Waals surface area contributed by atoms with E-state index in [4.69, 9.17) is 9.47 Å². The van der Waals surface area contributed by atoms with Crippen LogP contribution in [-0.2, 0) is 20.9 Å². The lowest BCUT2D eigenvalue weighted by molar-refractivity contribution is -0.134. The largest absolute Gasteiger partial charge is 0.447 e. The van der Waals surface area contributed by atoms with E-state index in [1.807, 2.05) is 30.3 Å². The molecule has 3 saturated heterocycles. The zero-order chi connectivity index (χ0) is 18.3. The van der Waals surface area contributed by atoms with Crippen molar-refractivity contribution in [3.63, 3.8) is 0 Å². The zero-order valence-corrected chi connectivity index (χ0v) is 14.7. The number of amides is 3. The van der Waals surface area contributed by atoms with Crippen molar-refractivity contribution >= 4 is 18.1 Å². The number of imide groups is 1. The van der Waals surface area contributed by atoms with E-state index in [1.165, 1.54) is 4.90 Å². The average molecular weight is 358 g/mol. The van der Waals surface area contributed by atoms with Gasteiger partial charge in [-0.15, -0.1) is 0 Å². The second-order valence-electron chi connectivity index (χ2n) is 7.22. The number of carbonyl (C=O) groups excluding carboxylic acids is 3. The van der Waals surface area contributed by atoms with Gasteiger partial charge in [0.2, 0.25) is 5.91 Å². The van der Waals surface area contributed by atoms with E-state index in [1.54, 1.807) is 11.8 Å². The SMILES string of the molecule is C[C@H]1COC(=O)N1C(=O)[C@@H]1C[C@H]2CC[C@@H]1N2C(=O)OCc1ccccc1. The summed E-state index contributed by atoms with van der Waals surface area (Å²) >= 11 is 0. The minimum atomic E-state index is -0.580. The molecule has 0 N–H and O–H groups in total. The second-order valence-corrected chi connectivity index (χ2v) is 7.22. The van der Waals surface area contributed by atoms with Gasteiger partial charge in [-0.2, -0.15) is 0 Å². The lowest BCUT2D eigenvalue weighted by atomic mass is 9.88. The van der Waals surface area contributed by atoms with Gasteiger partial charge in [0, 0.05) is 12.1 Å². The number of hydrogen-bond donors (Lipinski definition) is 0. The molecule has 0 aliphatic carbocycles. The van der Waals surface area contributed by atoms with Gasteiger partial charge in [0.05, 0.1) is 12.0 Å². The summed E-state index contributed by atoms with van der Waals surface area (Å²) in [7, 11) is 0. The lowest BCUT2D eigenvalue weighted by Crippen LogP contribution is -2.45.